The van der Waals surface area contributed by atoms with Gasteiger partial charge in [-0.1, -0.05) is 0 Å². The predicted molar refractivity (Wildman–Crippen MR) is 22.7 cm³/mol. The fraction of sp³-hybridized carbons (Fsp3) is 0.500. The van der Waals surface area contributed by atoms with Gasteiger partial charge < -0.3 is 22.2 Å². The smallest absolute Gasteiger partial charge is 0.0383 e. The van der Waals surface area contributed by atoms with Crippen LogP contribution in [0.25, 0.3) is 0 Å². The zero-order chi connectivity index (χ0) is 3.58. The lowest BCUT2D eigenvalue weighted by molar-refractivity contribution is -0.302. The molecule has 8 N–H and O–H groups in total. The van der Waals surface area contributed by atoms with Gasteiger partial charge in [0.1, 0.15) is 0 Å². The fourth-order valence-electron chi connectivity index (χ4n) is 0. The lowest BCUT2D eigenvalue weighted by Crippen LogP contribution is -2.16. The van der Waals surface area contributed by atoms with E-state index < -0.39 is 5.97 Å². The summed E-state index contributed by atoms with van der Waals surface area (Å²) in [7, 11) is 0. The molecule has 0 aliphatic carbocycles. The highest BCUT2D eigenvalue weighted by atomic mass is 16.4. The topological polar surface area (TPSA) is 113 Å². The van der Waals surface area contributed by atoms with Crippen LogP contribution in [-0.4, -0.2) is 5.97 Å². The number of aliphatic carboxylic acids is 1. The van der Waals surface area contributed by atoms with Gasteiger partial charge in [-0.15, -0.1) is 0 Å². The molecule has 0 amide bonds. The van der Waals surface area contributed by atoms with Gasteiger partial charge in [0.05, 0.1) is 0 Å². The molecule has 0 atom stereocenters. The molecule has 0 heterocycles. The molecule has 0 saturated carbocycles. The average Bonchev–Trinajstić information content (AvgIpc) is 0.811. The second kappa shape index (κ2) is 8.83. The molecule has 0 bridgehead atoms. The number of rotatable bonds is 0. The monoisotopic (exact) mass is 95.1 g/mol. The molecule has 0 aromatic heterocycles. The first-order valence-corrected chi connectivity index (χ1v) is 0.908. The van der Waals surface area contributed by atoms with E-state index in [9.17, 15) is 0 Å². The Hall–Kier alpha value is -0.610. The molecule has 0 fully saturated rings. The lowest BCUT2D eigenvalue weighted by atomic mass is 10.9. The standard InChI is InChI=1S/C2H4O2.2H3N/c1-2(3)4;;/h1H3,(H,3,4);2*1H3/p+1. The van der Waals surface area contributed by atoms with Crippen molar-refractivity contribution in [1.82, 2.24) is 12.3 Å². The first kappa shape index (κ1) is 18.2. The molecule has 4 nitrogen and oxygen atoms in total. The first-order valence-electron chi connectivity index (χ1n) is 0.908. The second-order valence-corrected chi connectivity index (χ2v) is 0.492. The highest BCUT2D eigenvalue weighted by molar-refractivity contribution is 5.60. The van der Waals surface area contributed by atoms with Crippen LogP contribution in [0.4, 0.5) is 0 Å². The van der Waals surface area contributed by atoms with Crippen LogP contribution in [0.1, 0.15) is 6.92 Å². The zero-order valence-corrected chi connectivity index (χ0v) is 4.32. The number of hydrogen-bond donors (Lipinski definition) is 2. The second-order valence-electron chi connectivity index (χ2n) is 0.492. The molecule has 0 rings (SSSR count). The van der Waals surface area contributed by atoms with Gasteiger partial charge in [-0.3, -0.25) is 0 Å². The Balaban J connectivity index is -0.0000000450. The summed E-state index contributed by atoms with van der Waals surface area (Å²) in [5.41, 5.74) is 0. The Morgan fingerprint density at radius 3 is 1.50 bits per heavy atom. The van der Waals surface area contributed by atoms with Crippen LogP contribution in [0.3, 0.4) is 0 Å². The van der Waals surface area contributed by atoms with Crippen molar-refractivity contribution in [2.45, 2.75) is 6.92 Å². The Morgan fingerprint density at radius 2 is 1.50 bits per heavy atom. The van der Waals surface area contributed by atoms with E-state index in [0.717, 1.165) is 6.92 Å². The first-order chi connectivity index (χ1) is 1.73. The highest BCUT2D eigenvalue weighted by Gasteiger charge is 1.46. The maximum atomic E-state index is 8.89. The molecule has 0 aromatic carbocycles. The SMILES string of the molecule is CC(=O)[O-].[NH4+].[NH4+]. The number of hydrogen-bond acceptors (Lipinski definition) is 2. The third kappa shape index (κ3) is 52.0. The van der Waals surface area contributed by atoms with Gasteiger partial charge in [-0.05, 0) is 6.92 Å². The van der Waals surface area contributed by atoms with Gasteiger partial charge in [-0.25, -0.2) is 0 Å². The summed E-state index contributed by atoms with van der Waals surface area (Å²) in [5, 5.41) is 8.89. The fourth-order valence-corrected chi connectivity index (χ4v) is 0. The largest absolute Gasteiger partial charge is 0.550 e. The minimum Gasteiger partial charge on any atom is -0.550 e. The van der Waals surface area contributed by atoms with Gasteiger partial charge in [0.15, 0.2) is 0 Å². The van der Waals surface area contributed by atoms with E-state index in [2.05, 4.69) is 0 Å². The molecule has 0 saturated heterocycles. The Morgan fingerprint density at radius 1 is 1.50 bits per heavy atom. The van der Waals surface area contributed by atoms with E-state index in [1.54, 1.807) is 0 Å². The summed E-state index contributed by atoms with van der Waals surface area (Å²) in [6.45, 7) is 0.972. The molecule has 0 aliphatic rings. The van der Waals surface area contributed by atoms with Crippen molar-refractivity contribution in [3.63, 3.8) is 0 Å². The van der Waals surface area contributed by atoms with Crippen LogP contribution in [0.5, 0.6) is 0 Å². The summed E-state index contributed by atoms with van der Waals surface area (Å²) in [5.74, 6) is -1.08. The lowest BCUT2D eigenvalue weighted by Gasteiger charge is -1.77. The Kier molecular flexibility index (Phi) is 26.8. The Bertz CT molecular complexity index is 32.5. The van der Waals surface area contributed by atoms with Crippen LogP contribution in [0, 0.1) is 0 Å². The number of carboxylic acid groups (broad SMARTS) is 1. The van der Waals surface area contributed by atoms with Crippen LogP contribution < -0.4 is 17.4 Å². The van der Waals surface area contributed by atoms with Crippen LogP contribution >= 0.6 is 0 Å². The quantitative estimate of drug-likeness (QED) is 0.422. The van der Waals surface area contributed by atoms with E-state index in [4.69, 9.17) is 9.90 Å². The van der Waals surface area contributed by atoms with Crippen molar-refractivity contribution in [2.75, 3.05) is 0 Å². The van der Waals surface area contributed by atoms with Crippen LogP contribution in [0.2, 0.25) is 0 Å². The molecular formula is C2H11N2O2+. The van der Waals surface area contributed by atoms with Gasteiger partial charge in [0, 0.05) is 5.97 Å². The van der Waals surface area contributed by atoms with Crippen LogP contribution in [-0.2, 0) is 4.79 Å². The number of carboxylic acids is 1. The van der Waals surface area contributed by atoms with Crippen molar-refractivity contribution in [3.05, 3.63) is 0 Å². The number of carbonyl (C=O) groups is 1. The maximum absolute atomic E-state index is 8.89. The molecule has 6 heavy (non-hydrogen) atoms. The molecule has 0 unspecified atom stereocenters. The molecular weight excluding hydrogens is 84.0 g/mol. The molecule has 0 aromatic rings. The summed E-state index contributed by atoms with van der Waals surface area (Å²) in [6.07, 6.45) is 0. The Labute approximate surface area is 36.3 Å². The summed E-state index contributed by atoms with van der Waals surface area (Å²) in [4.78, 5) is 8.89. The minimum atomic E-state index is -1.08. The van der Waals surface area contributed by atoms with Gasteiger partial charge in [0.25, 0.3) is 0 Å². The molecule has 0 aliphatic heterocycles. The van der Waals surface area contributed by atoms with Crippen molar-refractivity contribution in [1.29, 1.82) is 0 Å². The van der Waals surface area contributed by atoms with E-state index in [-0.39, 0.29) is 12.3 Å². The average molecular weight is 95.1 g/mol. The van der Waals surface area contributed by atoms with Gasteiger partial charge >= 0.3 is 0 Å². The molecule has 0 radical (unpaired) electrons. The van der Waals surface area contributed by atoms with Crippen molar-refractivity contribution < 1.29 is 9.90 Å². The highest BCUT2D eigenvalue weighted by Crippen LogP contribution is 1.31. The number of quaternary nitrogens is 2. The van der Waals surface area contributed by atoms with E-state index in [1.807, 2.05) is 0 Å². The van der Waals surface area contributed by atoms with Crippen molar-refractivity contribution >= 4 is 5.97 Å². The van der Waals surface area contributed by atoms with Gasteiger partial charge in [-0.2, -0.15) is 0 Å². The molecule has 40 valence electrons. The normalized spacial score (nSPS) is 4.17. The number of carbonyl (C=O) groups excluding carboxylic acids is 1. The van der Waals surface area contributed by atoms with Crippen molar-refractivity contribution in [3.8, 4) is 0 Å². The minimum absolute atomic E-state index is 0. The summed E-state index contributed by atoms with van der Waals surface area (Å²) in [6, 6.07) is 0. The van der Waals surface area contributed by atoms with E-state index in [0.29, 0.717) is 0 Å². The third-order valence-corrected chi connectivity index (χ3v) is 0. The van der Waals surface area contributed by atoms with E-state index in [1.165, 1.54) is 0 Å². The third-order valence-electron chi connectivity index (χ3n) is 0. The summed E-state index contributed by atoms with van der Waals surface area (Å²) < 4.78 is 0. The molecule has 4 heteroatoms. The van der Waals surface area contributed by atoms with Crippen LogP contribution in [0.15, 0.2) is 0 Å². The zero-order valence-electron chi connectivity index (χ0n) is 4.32. The predicted octanol–water partition coefficient (Wildman–Crippen LogP) is -0.491. The molecule has 0 spiro atoms. The maximum Gasteiger partial charge on any atom is 0.0383 e. The summed E-state index contributed by atoms with van der Waals surface area (Å²) >= 11 is 0. The van der Waals surface area contributed by atoms with E-state index >= 15 is 0 Å². The van der Waals surface area contributed by atoms with Crippen molar-refractivity contribution in [2.24, 2.45) is 0 Å². The van der Waals surface area contributed by atoms with Gasteiger partial charge in [0.2, 0.25) is 0 Å².